The van der Waals surface area contributed by atoms with Gasteiger partial charge in [-0.25, -0.2) is 4.98 Å². The summed E-state index contributed by atoms with van der Waals surface area (Å²) >= 11 is 9.35. The highest BCUT2D eigenvalue weighted by Crippen LogP contribution is 2.25. The summed E-state index contributed by atoms with van der Waals surface area (Å²) in [6.07, 6.45) is 1.82. The van der Waals surface area contributed by atoms with Gasteiger partial charge in [0, 0.05) is 23.5 Å². The molecule has 1 aromatic rings. The van der Waals surface area contributed by atoms with Gasteiger partial charge in [-0.15, -0.1) is 0 Å². The summed E-state index contributed by atoms with van der Waals surface area (Å²) in [5, 5.41) is 0.546. The Morgan fingerprint density at radius 3 is 2.50 bits per heavy atom. The first-order chi connectivity index (χ1) is 5.54. The summed E-state index contributed by atoms with van der Waals surface area (Å²) in [7, 11) is 1.93. The Morgan fingerprint density at radius 1 is 1.58 bits per heavy atom. The predicted octanol–water partition coefficient (Wildman–Crippen LogP) is 2.96. The highest BCUT2D eigenvalue weighted by atomic mass is 79.9. The second-order valence-corrected chi connectivity index (χ2v) is 4.76. The summed E-state index contributed by atoms with van der Waals surface area (Å²) in [4.78, 5) is 4.46. The minimum absolute atomic E-state index is 0.426. The number of rotatable bonds is 2. The predicted molar refractivity (Wildman–Crippen MR) is 55.0 cm³/mol. The Morgan fingerprint density at radius 2 is 2.17 bits per heavy atom. The number of hydrogen-bond acceptors (Lipinski definition) is 1. The van der Waals surface area contributed by atoms with Crippen LogP contribution < -0.4 is 0 Å². The molecule has 2 nitrogen and oxygen atoms in total. The fourth-order valence-corrected chi connectivity index (χ4v) is 1.47. The van der Waals surface area contributed by atoms with Crippen LogP contribution in [-0.4, -0.2) is 14.4 Å². The summed E-state index contributed by atoms with van der Waals surface area (Å²) in [5.74, 6) is 0.426. The third-order valence-electron chi connectivity index (χ3n) is 2.12. The molecule has 12 heavy (non-hydrogen) atoms. The van der Waals surface area contributed by atoms with Gasteiger partial charge >= 0.3 is 0 Å². The van der Waals surface area contributed by atoms with Crippen molar-refractivity contribution in [3.63, 3.8) is 0 Å². The Labute approximate surface area is 86.1 Å². The smallest absolute Gasteiger partial charge is 0.202 e. The molecule has 0 saturated carbocycles. The van der Waals surface area contributed by atoms with Gasteiger partial charge in [0.1, 0.15) is 0 Å². The average Bonchev–Trinajstić information content (AvgIpc) is 2.32. The average molecular weight is 252 g/mol. The van der Waals surface area contributed by atoms with Crippen molar-refractivity contribution in [1.29, 1.82) is 0 Å². The lowest BCUT2D eigenvalue weighted by molar-refractivity contribution is 0.685. The molecule has 2 atom stereocenters. The largest absolute Gasteiger partial charge is 0.322 e. The summed E-state index contributed by atoms with van der Waals surface area (Å²) < 4.78 is 1.91. The summed E-state index contributed by atoms with van der Waals surface area (Å²) in [5.41, 5.74) is 1.16. The normalized spacial score (nSPS) is 16.1. The molecule has 0 bridgehead atoms. The number of hydrogen-bond donors (Lipinski definition) is 0. The van der Waals surface area contributed by atoms with E-state index >= 15 is 0 Å². The van der Waals surface area contributed by atoms with Crippen LogP contribution >= 0.6 is 27.5 Å². The number of aromatic nitrogens is 2. The first-order valence-corrected chi connectivity index (χ1v) is 5.14. The second kappa shape index (κ2) is 3.79. The van der Waals surface area contributed by atoms with Gasteiger partial charge in [0.25, 0.3) is 0 Å². The topological polar surface area (TPSA) is 17.8 Å². The molecule has 1 aromatic heterocycles. The zero-order valence-electron chi connectivity index (χ0n) is 7.38. The van der Waals surface area contributed by atoms with E-state index in [9.17, 15) is 0 Å². The van der Waals surface area contributed by atoms with Crippen molar-refractivity contribution in [1.82, 2.24) is 9.55 Å². The zero-order chi connectivity index (χ0) is 9.30. The van der Waals surface area contributed by atoms with E-state index in [2.05, 4.69) is 34.8 Å². The van der Waals surface area contributed by atoms with Crippen LogP contribution in [0.2, 0.25) is 5.28 Å². The van der Waals surface area contributed by atoms with Crippen molar-refractivity contribution in [3.05, 3.63) is 17.2 Å². The van der Waals surface area contributed by atoms with E-state index in [1.54, 1.807) is 0 Å². The molecule has 0 radical (unpaired) electrons. The van der Waals surface area contributed by atoms with Crippen LogP contribution in [0.1, 0.15) is 25.5 Å². The molecule has 0 aliphatic rings. The molecule has 1 heterocycles. The first kappa shape index (κ1) is 10.1. The van der Waals surface area contributed by atoms with Gasteiger partial charge in [0.15, 0.2) is 0 Å². The lowest BCUT2D eigenvalue weighted by Gasteiger charge is -2.14. The number of alkyl halides is 1. The van der Waals surface area contributed by atoms with Gasteiger partial charge in [0.2, 0.25) is 5.28 Å². The van der Waals surface area contributed by atoms with Gasteiger partial charge in [0.05, 0.1) is 6.20 Å². The van der Waals surface area contributed by atoms with Crippen molar-refractivity contribution < 1.29 is 0 Å². The van der Waals surface area contributed by atoms with Crippen molar-refractivity contribution in [2.75, 3.05) is 0 Å². The number of nitrogens with zero attached hydrogens (tertiary/aromatic N) is 2. The fourth-order valence-electron chi connectivity index (χ4n) is 1.06. The molecule has 2 unspecified atom stereocenters. The monoisotopic (exact) mass is 250 g/mol. The molecule has 0 fully saturated rings. The molecule has 1 rings (SSSR count). The second-order valence-electron chi connectivity index (χ2n) is 2.98. The van der Waals surface area contributed by atoms with E-state index in [-0.39, 0.29) is 0 Å². The molecule has 0 aromatic carbocycles. The third-order valence-corrected chi connectivity index (χ3v) is 3.27. The maximum atomic E-state index is 5.81. The van der Waals surface area contributed by atoms with Crippen LogP contribution in [0.5, 0.6) is 0 Å². The lowest BCUT2D eigenvalue weighted by Crippen LogP contribution is -2.08. The van der Waals surface area contributed by atoms with Crippen molar-refractivity contribution in [2.24, 2.45) is 7.05 Å². The van der Waals surface area contributed by atoms with Crippen LogP contribution in [0.3, 0.4) is 0 Å². The van der Waals surface area contributed by atoms with Gasteiger partial charge in [-0.05, 0) is 11.6 Å². The van der Waals surface area contributed by atoms with Crippen LogP contribution in [0.15, 0.2) is 6.20 Å². The van der Waals surface area contributed by atoms with Crippen LogP contribution in [0.4, 0.5) is 0 Å². The Hall–Kier alpha value is -0.0200. The standard InChI is InChI=1S/C8H12BrClN2/c1-5(6(2)9)7-4-11-8(10)12(7)3/h4-6H,1-3H3. The first-order valence-electron chi connectivity index (χ1n) is 3.85. The highest BCUT2D eigenvalue weighted by molar-refractivity contribution is 9.09. The van der Waals surface area contributed by atoms with Gasteiger partial charge in [-0.3, -0.25) is 0 Å². The lowest BCUT2D eigenvalue weighted by atomic mass is 10.1. The van der Waals surface area contributed by atoms with E-state index in [4.69, 9.17) is 11.6 Å². The van der Waals surface area contributed by atoms with Gasteiger partial charge in [-0.1, -0.05) is 29.8 Å². The van der Waals surface area contributed by atoms with Crippen molar-refractivity contribution in [2.45, 2.75) is 24.6 Å². The molecule has 68 valence electrons. The highest BCUT2D eigenvalue weighted by Gasteiger charge is 2.15. The minimum Gasteiger partial charge on any atom is -0.322 e. The minimum atomic E-state index is 0.426. The van der Waals surface area contributed by atoms with E-state index in [0.717, 1.165) is 5.69 Å². The van der Waals surface area contributed by atoms with E-state index in [1.165, 1.54) is 0 Å². The quantitative estimate of drug-likeness (QED) is 0.739. The van der Waals surface area contributed by atoms with Crippen LogP contribution in [0, 0.1) is 0 Å². The van der Waals surface area contributed by atoms with E-state index in [0.29, 0.717) is 16.0 Å². The summed E-state index contributed by atoms with van der Waals surface area (Å²) in [6.45, 7) is 4.26. The molecule has 0 amide bonds. The Bertz CT molecular complexity index is 270. The molecule has 0 aliphatic heterocycles. The van der Waals surface area contributed by atoms with Crippen LogP contribution in [0.25, 0.3) is 0 Å². The van der Waals surface area contributed by atoms with E-state index < -0.39 is 0 Å². The molecule has 4 heteroatoms. The zero-order valence-corrected chi connectivity index (χ0v) is 9.72. The number of halogens is 2. The molecule has 0 saturated heterocycles. The molecular weight excluding hydrogens is 239 g/mol. The van der Waals surface area contributed by atoms with Gasteiger partial charge < -0.3 is 4.57 Å². The number of imidazole rings is 1. The van der Waals surface area contributed by atoms with Gasteiger partial charge in [-0.2, -0.15) is 0 Å². The molecule has 0 aliphatic carbocycles. The molecular formula is C8H12BrClN2. The van der Waals surface area contributed by atoms with E-state index in [1.807, 2.05) is 17.8 Å². The third kappa shape index (κ3) is 1.83. The maximum Gasteiger partial charge on any atom is 0.202 e. The SMILES string of the molecule is CC(Br)C(C)c1cnc(Cl)n1C. The van der Waals surface area contributed by atoms with Crippen LogP contribution in [-0.2, 0) is 7.05 Å². The van der Waals surface area contributed by atoms with Crippen molar-refractivity contribution >= 4 is 27.5 Å². The fraction of sp³-hybridized carbons (Fsp3) is 0.625. The summed E-state index contributed by atoms with van der Waals surface area (Å²) in [6, 6.07) is 0. The molecule has 0 spiro atoms. The Kier molecular flexibility index (Phi) is 3.18. The van der Waals surface area contributed by atoms with Crippen molar-refractivity contribution in [3.8, 4) is 0 Å². The Balaban J connectivity index is 2.95. The molecule has 0 N–H and O–H groups in total. The maximum absolute atomic E-state index is 5.81.